The molecule has 27 heavy (non-hydrogen) atoms. The topological polar surface area (TPSA) is 76.0 Å². The molecule has 1 fully saturated rings. The molecule has 0 bridgehead atoms. The number of carbonyl (C=O) groups excluding carboxylic acids is 1. The van der Waals surface area contributed by atoms with Crippen molar-refractivity contribution >= 4 is 50.3 Å². The summed E-state index contributed by atoms with van der Waals surface area (Å²) in [5, 5.41) is 1.78. The minimum Gasteiger partial charge on any atom is -0.497 e. The van der Waals surface area contributed by atoms with Gasteiger partial charge in [0.05, 0.1) is 12.0 Å². The number of thiophene rings is 1. The third kappa shape index (κ3) is 4.32. The number of sulfonamides is 1. The van der Waals surface area contributed by atoms with Crippen LogP contribution < -0.4 is 4.74 Å². The van der Waals surface area contributed by atoms with Gasteiger partial charge in [-0.15, -0.1) is 22.3 Å². The van der Waals surface area contributed by atoms with E-state index in [2.05, 4.69) is 11.0 Å². The van der Waals surface area contributed by atoms with Gasteiger partial charge in [-0.25, -0.2) is 0 Å². The third-order valence-electron chi connectivity index (χ3n) is 3.54. The molecule has 0 aliphatic carbocycles. The Labute approximate surface area is 165 Å². The lowest BCUT2D eigenvalue weighted by molar-refractivity contribution is -0.121. The van der Waals surface area contributed by atoms with Crippen LogP contribution in [0.5, 0.6) is 5.75 Å². The molecule has 1 saturated heterocycles. The Balaban J connectivity index is 1.98. The molecule has 1 aromatic carbocycles. The summed E-state index contributed by atoms with van der Waals surface area (Å²) in [6, 6.07) is 10.4. The van der Waals surface area contributed by atoms with E-state index in [4.69, 9.17) is 4.74 Å². The molecule has 2 heterocycles. The second kappa shape index (κ2) is 8.12. The zero-order valence-electron chi connectivity index (χ0n) is 14.4. The maximum absolute atomic E-state index is 12.7. The highest BCUT2D eigenvalue weighted by Gasteiger charge is 2.34. The van der Waals surface area contributed by atoms with Gasteiger partial charge < -0.3 is 4.74 Å². The Bertz CT molecular complexity index is 1020. The average Bonchev–Trinajstić information content (AvgIpc) is 3.28. The van der Waals surface area contributed by atoms with Crippen molar-refractivity contribution in [2.75, 3.05) is 13.7 Å². The highest BCUT2D eigenvalue weighted by Crippen LogP contribution is 2.34. The van der Waals surface area contributed by atoms with Gasteiger partial charge in [-0.2, -0.15) is 8.42 Å². The minimum absolute atomic E-state index is 0.113. The zero-order chi connectivity index (χ0) is 19.4. The van der Waals surface area contributed by atoms with Crippen molar-refractivity contribution in [2.24, 2.45) is 4.40 Å². The van der Waals surface area contributed by atoms with E-state index in [1.165, 1.54) is 17.0 Å². The number of benzene rings is 1. The molecule has 1 aliphatic rings. The molecule has 0 atom stereocenters. The first-order valence-corrected chi connectivity index (χ1v) is 10.9. The summed E-state index contributed by atoms with van der Waals surface area (Å²) in [7, 11) is -2.31. The number of methoxy groups -OCH3 is 1. The average molecular weight is 421 g/mol. The summed E-state index contributed by atoms with van der Waals surface area (Å²) >= 11 is 2.10. The quantitative estimate of drug-likeness (QED) is 0.527. The van der Waals surface area contributed by atoms with E-state index in [-0.39, 0.29) is 21.8 Å². The molecular formula is C18H16N2O4S3. The summed E-state index contributed by atoms with van der Waals surface area (Å²) in [4.78, 5) is 14.4. The number of hydrogen-bond donors (Lipinski definition) is 0. The molecule has 9 heteroatoms. The predicted molar refractivity (Wildman–Crippen MR) is 109 cm³/mol. The fraction of sp³-hybridized carbons (Fsp3) is 0.111. The second-order valence-corrected chi connectivity index (χ2v) is 9.16. The number of ether oxygens (including phenoxy) is 1. The summed E-state index contributed by atoms with van der Waals surface area (Å²) < 4.78 is 34.1. The second-order valence-electron chi connectivity index (χ2n) is 5.37. The first kappa shape index (κ1) is 19.4. The van der Waals surface area contributed by atoms with Crippen molar-refractivity contribution in [3.8, 4) is 5.75 Å². The lowest BCUT2D eigenvalue weighted by Crippen LogP contribution is -2.29. The van der Waals surface area contributed by atoms with Crippen LogP contribution in [0.3, 0.4) is 0 Å². The summed E-state index contributed by atoms with van der Waals surface area (Å²) in [6.45, 7) is 3.80. The van der Waals surface area contributed by atoms with Gasteiger partial charge in [0, 0.05) is 6.54 Å². The first-order chi connectivity index (χ1) is 12.9. The van der Waals surface area contributed by atoms with Crippen LogP contribution in [0.15, 0.2) is 67.9 Å². The summed E-state index contributed by atoms with van der Waals surface area (Å²) in [5.74, 6) is 0.347. The van der Waals surface area contributed by atoms with E-state index < -0.39 is 10.0 Å². The van der Waals surface area contributed by atoms with E-state index in [9.17, 15) is 13.2 Å². The fourth-order valence-corrected chi connectivity index (χ4v) is 5.47. The first-order valence-electron chi connectivity index (χ1n) is 7.79. The Kier molecular flexibility index (Phi) is 5.83. The minimum atomic E-state index is -3.87. The molecule has 0 unspecified atom stereocenters. The van der Waals surface area contributed by atoms with Crippen LogP contribution in [-0.2, 0) is 14.8 Å². The van der Waals surface area contributed by atoms with Crippen molar-refractivity contribution in [1.82, 2.24) is 4.90 Å². The largest absolute Gasteiger partial charge is 0.497 e. The van der Waals surface area contributed by atoms with Crippen molar-refractivity contribution in [3.63, 3.8) is 0 Å². The smallest absolute Gasteiger partial charge is 0.294 e. The van der Waals surface area contributed by atoms with Crippen LogP contribution in [0, 0.1) is 0 Å². The van der Waals surface area contributed by atoms with Crippen LogP contribution in [-0.4, -0.2) is 38.0 Å². The molecule has 1 amide bonds. The van der Waals surface area contributed by atoms with Crippen LogP contribution in [0.4, 0.5) is 0 Å². The van der Waals surface area contributed by atoms with Gasteiger partial charge in [0.15, 0.2) is 5.17 Å². The number of amides is 1. The lowest BCUT2D eigenvalue weighted by Gasteiger charge is -2.12. The van der Waals surface area contributed by atoms with Crippen LogP contribution >= 0.6 is 23.1 Å². The number of nitrogens with zero attached hydrogens (tertiary/aromatic N) is 2. The number of carbonyl (C=O) groups is 1. The highest BCUT2D eigenvalue weighted by molar-refractivity contribution is 8.19. The molecule has 0 radical (unpaired) electrons. The Morgan fingerprint density at radius 1 is 1.30 bits per heavy atom. The molecule has 1 aliphatic heterocycles. The van der Waals surface area contributed by atoms with E-state index in [1.807, 2.05) is 12.1 Å². The molecule has 0 N–H and O–H groups in total. The molecule has 0 saturated carbocycles. The van der Waals surface area contributed by atoms with E-state index >= 15 is 0 Å². The molecule has 0 spiro atoms. The van der Waals surface area contributed by atoms with E-state index in [1.54, 1.807) is 36.8 Å². The van der Waals surface area contributed by atoms with Crippen LogP contribution in [0.25, 0.3) is 6.08 Å². The predicted octanol–water partition coefficient (Wildman–Crippen LogP) is 3.60. The van der Waals surface area contributed by atoms with Crippen molar-refractivity contribution in [3.05, 3.63) is 64.9 Å². The fourth-order valence-electron chi connectivity index (χ4n) is 2.31. The maximum Gasteiger partial charge on any atom is 0.294 e. The number of rotatable bonds is 6. The van der Waals surface area contributed by atoms with Gasteiger partial charge in [0.1, 0.15) is 9.96 Å². The van der Waals surface area contributed by atoms with Gasteiger partial charge in [-0.3, -0.25) is 9.69 Å². The molecule has 3 rings (SSSR count). The van der Waals surface area contributed by atoms with Gasteiger partial charge >= 0.3 is 0 Å². The Morgan fingerprint density at radius 3 is 2.78 bits per heavy atom. The lowest BCUT2D eigenvalue weighted by atomic mass is 10.2. The third-order valence-corrected chi connectivity index (χ3v) is 7.30. The van der Waals surface area contributed by atoms with Crippen molar-refractivity contribution in [2.45, 2.75) is 4.21 Å². The molecule has 6 nitrogen and oxygen atoms in total. The molecule has 2 aromatic rings. The molecule has 140 valence electrons. The zero-order valence-corrected chi connectivity index (χ0v) is 16.8. The normalized spacial score (nSPS) is 17.7. The SMILES string of the molecule is C=CCN1C(=O)/C(=C/c2cccc(OC)c2)SC1=NS(=O)(=O)c1cccs1. The van der Waals surface area contributed by atoms with Crippen molar-refractivity contribution in [1.29, 1.82) is 0 Å². The molecular weight excluding hydrogens is 404 g/mol. The van der Waals surface area contributed by atoms with Crippen molar-refractivity contribution < 1.29 is 17.9 Å². The number of amidine groups is 1. The highest BCUT2D eigenvalue weighted by atomic mass is 32.2. The maximum atomic E-state index is 12.7. The Morgan fingerprint density at radius 2 is 2.11 bits per heavy atom. The summed E-state index contributed by atoms with van der Waals surface area (Å²) in [6.07, 6.45) is 3.21. The summed E-state index contributed by atoms with van der Waals surface area (Å²) in [5.41, 5.74) is 0.770. The number of thioether (sulfide) groups is 1. The van der Waals surface area contributed by atoms with Crippen LogP contribution in [0.2, 0.25) is 0 Å². The van der Waals surface area contributed by atoms with Gasteiger partial charge in [-0.05, 0) is 47.0 Å². The molecule has 1 aromatic heterocycles. The van der Waals surface area contributed by atoms with E-state index in [0.717, 1.165) is 28.7 Å². The standard InChI is InChI=1S/C18H16N2O4S3/c1-3-9-20-17(21)15(12-13-6-4-7-14(11-13)24-2)26-18(20)19-27(22,23)16-8-5-10-25-16/h3-8,10-12H,1,9H2,2H3/b15-12-,19-18?. The van der Waals surface area contributed by atoms with Gasteiger partial charge in [-0.1, -0.05) is 24.3 Å². The Hall–Kier alpha value is -2.36. The van der Waals surface area contributed by atoms with Crippen LogP contribution in [0.1, 0.15) is 5.56 Å². The monoisotopic (exact) mass is 420 g/mol. The van der Waals surface area contributed by atoms with E-state index in [0.29, 0.717) is 10.7 Å². The number of hydrogen-bond acceptors (Lipinski definition) is 6. The van der Waals surface area contributed by atoms with Gasteiger partial charge in [0.25, 0.3) is 15.9 Å². The van der Waals surface area contributed by atoms with Gasteiger partial charge in [0.2, 0.25) is 0 Å².